The zero-order valence-corrected chi connectivity index (χ0v) is 59.0. The first-order valence-corrected chi connectivity index (χ1v) is 36.5. The van der Waals surface area contributed by atoms with Crippen molar-refractivity contribution < 1.29 is 0 Å². The number of fused-ring (bicyclic) bond motifs is 14. The van der Waals surface area contributed by atoms with Gasteiger partial charge < -0.3 is 19.6 Å². The number of anilines is 12. The van der Waals surface area contributed by atoms with Gasteiger partial charge in [-0.25, -0.2) is 0 Å². The van der Waals surface area contributed by atoms with Crippen molar-refractivity contribution in [2.24, 2.45) is 0 Å². The van der Waals surface area contributed by atoms with Crippen molar-refractivity contribution in [1.82, 2.24) is 0 Å². The zero-order chi connectivity index (χ0) is 68.0. The molecule has 0 bridgehead atoms. The van der Waals surface area contributed by atoms with Crippen LogP contribution in [0.15, 0.2) is 315 Å². The Balaban J connectivity index is 0.780. The van der Waals surface area contributed by atoms with Crippen molar-refractivity contribution in [1.29, 1.82) is 0 Å². The third kappa shape index (κ3) is 11.0. The molecule has 101 heavy (non-hydrogen) atoms. The lowest BCUT2D eigenvalue weighted by atomic mass is 9.98. The van der Waals surface area contributed by atoms with E-state index in [0.29, 0.717) is 0 Å². The highest BCUT2D eigenvalue weighted by Crippen LogP contribution is 2.54. The van der Waals surface area contributed by atoms with Crippen LogP contribution in [0, 0.1) is 41.5 Å². The van der Waals surface area contributed by atoms with Crippen molar-refractivity contribution in [3.63, 3.8) is 0 Å². The first kappa shape index (κ1) is 61.5. The molecule has 0 aliphatic heterocycles. The predicted octanol–water partition coefficient (Wildman–Crippen LogP) is 28.4. The van der Waals surface area contributed by atoms with E-state index in [1.165, 1.54) is 128 Å². The quantitative estimate of drug-likeness (QED) is 0.108. The molecular formula is C95H72N4S2. The van der Waals surface area contributed by atoms with Crippen LogP contribution in [0.1, 0.15) is 44.5 Å². The Hall–Kier alpha value is -11.8. The number of aryl methyl sites for hydroxylation is 6. The average molecular weight is 1330 g/mol. The summed E-state index contributed by atoms with van der Waals surface area (Å²) >= 11 is 3.83. The fourth-order valence-electron chi connectivity index (χ4n) is 15.5. The van der Waals surface area contributed by atoms with Gasteiger partial charge in [-0.1, -0.05) is 205 Å². The number of hydrogen-bond acceptors (Lipinski definition) is 6. The van der Waals surface area contributed by atoms with E-state index in [9.17, 15) is 0 Å². The molecule has 0 saturated carbocycles. The van der Waals surface area contributed by atoms with Gasteiger partial charge in [0, 0.05) is 129 Å². The highest BCUT2D eigenvalue weighted by atomic mass is 32.1. The minimum absolute atomic E-state index is 0.720. The van der Waals surface area contributed by atoms with E-state index in [1.54, 1.807) is 0 Å². The third-order valence-electron chi connectivity index (χ3n) is 20.2. The summed E-state index contributed by atoms with van der Waals surface area (Å²) in [5, 5.41) is 14.8. The van der Waals surface area contributed by atoms with Gasteiger partial charge in [0.25, 0.3) is 0 Å². The van der Waals surface area contributed by atoms with Crippen LogP contribution in [0.4, 0.5) is 68.2 Å². The number of thiophene rings is 2. The first-order valence-electron chi connectivity index (χ1n) is 34.9. The predicted molar refractivity (Wildman–Crippen MR) is 439 cm³/mol. The molecule has 0 atom stereocenters. The molecule has 0 unspecified atom stereocenters. The van der Waals surface area contributed by atoms with Gasteiger partial charge in [-0.3, -0.25) is 0 Å². The van der Waals surface area contributed by atoms with Crippen molar-refractivity contribution in [3.05, 3.63) is 360 Å². The fraction of sp³-hybridized carbons (Fsp3) is 0.0737. The van der Waals surface area contributed by atoms with Crippen molar-refractivity contribution in [3.8, 4) is 0 Å². The fourth-order valence-corrected chi connectivity index (χ4v) is 18.2. The Morgan fingerprint density at radius 2 is 0.426 bits per heavy atom. The molecule has 6 heteroatoms. The molecule has 0 amide bonds. The molecular weight excluding hydrogens is 1260 g/mol. The highest BCUT2D eigenvalue weighted by molar-refractivity contribution is 7.28. The molecule has 0 N–H and O–H groups in total. The van der Waals surface area contributed by atoms with Crippen LogP contribution < -0.4 is 19.6 Å². The maximum absolute atomic E-state index is 2.51. The lowest BCUT2D eigenvalue weighted by molar-refractivity contribution is 1.17. The minimum Gasteiger partial charge on any atom is -0.310 e. The normalized spacial score (nSPS) is 11.7. The highest BCUT2D eigenvalue weighted by Gasteiger charge is 2.27. The topological polar surface area (TPSA) is 13.0 Å². The summed E-state index contributed by atoms with van der Waals surface area (Å²) in [5.41, 5.74) is 23.3. The lowest BCUT2D eigenvalue weighted by Crippen LogP contribution is -2.12. The first-order chi connectivity index (χ1) is 49.5. The molecule has 0 radical (unpaired) electrons. The van der Waals surface area contributed by atoms with Crippen LogP contribution in [-0.2, 0) is 6.42 Å². The van der Waals surface area contributed by atoms with Gasteiger partial charge >= 0.3 is 0 Å². The molecule has 18 rings (SSSR count). The lowest BCUT2D eigenvalue weighted by Gasteiger charge is -2.29. The summed E-state index contributed by atoms with van der Waals surface area (Å²) in [7, 11) is 0. The largest absolute Gasteiger partial charge is 0.310 e. The Kier molecular flexibility index (Phi) is 15.3. The van der Waals surface area contributed by atoms with Crippen LogP contribution in [0.2, 0.25) is 0 Å². The second-order valence-electron chi connectivity index (χ2n) is 27.4. The van der Waals surface area contributed by atoms with E-state index in [4.69, 9.17) is 0 Å². The Morgan fingerprint density at radius 3 is 0.693 bits per heavy atom. The molecule has 484 valence electrons. The average Bonchev–Trinajstić information content (AvgIpc) is 1.60. The van der Waals surface area contributed by atoms with Crippen LogP contribution in [0.25, 0.3) is 83.4 Å². The van der Waals surface area contributed by atoms with Crippen LogP contribution in [0.5, 0.6) is 0 Å². The number of nitrogens with zero attached hydrogens (tertiary/aromatic N) is 4. The zero-order valence-electron chi connectivity index (χ0n) is 57.3. The minimum atomic E-state index is 0.720. The molecule has 2 heterocycles. The molecule has 2 aromatic heterocycles. The summed E-state index contributed by atoms with van der Waals surface area (Å²) in [6, 6.07) is 118. The van der Waals surface area contributed by atoms with Crippen LogP contribution in [0.3, 0.4) is 0 Å². The summed E-state index contributed by atoms with van der Waals surface area (Å²) in [4.78, 5) is 9.93. The van der Waals surface area contributed by atoms with Crippen LogP contribution in [-0.4, -0.2) is 0 Å². The summed E-state index contributed by atoms with van der Waals surface area (Å²) in [6.07, 6.45) is 0.720. The van der Waals surface area contributed by atoms with Gasteiger partial charge in [0.05, 0.1) is 22.7 Å². The summed E-state index contributed by atoms with van der Waals surface area (Å²) < 4.78 is 5.15. The third-order valence-corrected chi connectivity index (χ3v) is 22.8. The van der Waals surface area contributed by atoms with Gasteiger partial charge in [0.2, 0.25) is 0 Å². The smallest absolute Gasteiger partial charge is 0.0547 e. The van der Waals surface area contributed by atoms with E-state index < -0.39 is 0 Å². The molecule has 4 nitrogen and oxygen atoms in total. The second kappa shape index (κ2) is 25.2. The molecule has 16 aromatic carbocycles. The van der Waals surface area contributed by atoms with Crippen LogP contribution >= 0.6 is 22.7 Å². The summed E-state index contributed by atoms with van der Waals surface area (Å²) in [6.45, 7) is 13.1. The SMILES string of the molecule is Cc1ccc(N(c2cccc(C)c2)c2cc3c4cc(N(c5ccc(C)cc5)c5cccc(Cc6cccc(N(c7cccc(C)c7)c7cc8c9cc(N(c%10cccc(C)c%10)c%10cccc(C)c%10)c%10ccccc%10c9sc8c8ccccc78)c6)c5)c5ccccc5c4sc3c3ccccc23)cc1. The van der Waals surface area contributed by atoms with E-state index in [1.807, 2.05) is 22.7 Å². The summed E-state index contributed by atoms with van der Waals surface area (Å²) in [5.74, 6) is 0. The van der Waals surface area contributed by atoms with Crippen molar-refractivity contribution in [2.45, 2.75) is 48.0 Å². The molecule has 0 fully saturated rings. The van der Waals surface area contributed by atoms with Gasteiger partial charge in [-0.05, 0) is 203 Å². The maximum atomic E-state index is 2.51. The maximum Gasteiger partial charge on any atom is 0.0547 e. The number of benzene rings is 16. The van der Waals surface area contributed by atoms with E-state index in [0.717, 1.165) is 74.7 Å². The van der Waals surface area contributed by atoms with Gasteiger partial charge in [0.15, 0.2) is 0 Å². The standard InChI is InChI=1S/C95H72N4S2/c1-60-41-45-68(46-42-60)96(70-27-15-21-62(3)49-70)88-56-84-85-57-89(77-34-8-12-38-81(77)93(85)100-92(84)80-37-11-7-33-76(80)88)97(69-47-43-61(2)44-48-69)74-31-19-25-66(54-74)53-67-26-20-32-75(55-67)99(73-30-18-24-65(6)52-73)91-59-87-86-58-90(98(71-28-16-22-63(4)50-71)72-29-17-23-64(5)51-72)78-35-9-13-39-82(78)94(86)101-95(87)83-40-14-10-36-79(83)91/h7-52,54-59H,53H2,1-6H3. The Labute approximate surface area is 597 Å². The molecule has 0 aliphatic rings. The molecule has 0 spiro atoms. The van der Waals surface area contributed by atoms with Gasteiger partial charge in [-0.15, -0.1) is 22.7 Å². The second-order valence-corrected chi connectivity index (χ2v) is 29.4. The van der Waals surface area contributed by atoms with E-state index in [-0.39, 0.29) is 0 Å². The van der Waals surface area contributed by atoms with Crippen molar-refractivity contribution >= 4 is 174 Å². The number of hydrogen-bond donors (Lipinski definition) is 0. The number of rotatable bonds is 14. The van der Waals surface area contributed by atoms with Gasteiger partial charge in [0.1, 0.15) is 0 Å². The van der Waals surface area contributed by atoms with E-state index >= 15 is 0 Å². The molecule has 18 aromatic rings. The van der Waals surface area contributed by atoms with E-state index in [2.05, 4.69) is 377 Å². The Morgan fingerprint density at radius 1 is 0.188 bits per heavy atom. The molecule has 0 saturated heterocycles. The Bertz CT molecular complexity index is 6250. The molecule has 0 aliphatic carbocycles. The van der Waals surface area contributed by atoms with Gasteiger partial charge in [-0.2, -0.15) is 0 Å². The van der Waals surface area contributed by atoms with Crippen molar-refractivity contribution in [2.75, 3.05) is 19.6 Å². The monoisotopic (exact) mass is 1330 g/mol.